The fraction of sp³-hybridized carbons (Fsp3) is 0.529. The van der Waals surface area contributed by atoms with Crippen LogP contribution in [0.5, 0.6) is 0 Å². The second-order valence-corrected chi connectivity index (χ2v) is 6.89. The first-order chi connectivity index (χ1) is 10.2. The van der Waals surface area contributed by atoms with Gasteiger partial charge in [-0.25, -0.2) is 4.79 Å². The summed E-state index contributed by atoms with van der Waals surface area (Å²) in [7, 11) is 0. The number of hydrogen-bond donors (Lipinski definition) is 2. The lowest BCUT2D eigenvalue weighted by Crippen LogP contribution is -2.61. The summed E-state index contributed by atoms with van der Waals surface area (Å²) < 4.78 is 0. The summed E-state index contributed by atoms with van der Waals surface area (Å²) in [6.45, 7) is 7.39. The van der Waals surface area contributed by atoms with Gasteiger partial charge in [0.1, 0.15) is 6.04 Å². The minimum atomic E-state index is -1.06. The Kier molecular flexibility index (Phi) is 4.44. The van der Waals surface area contributed by atoms with E-state index in [9.17, 15) is 14.7 Å². The normalized spacial score (nSPS) is 25.5. The van der Waals surface area contributed by atoms with Crippen molar-refractivity contribution in [2.45, 2.75) is 57.7 Å². The van der Waals surface area contributed by atoms with Crippen LogP contribution in [0.1, 0.15) is 45.6 Å². The Balaban J connectivity index is 2.32. The fourth-order valence-corrected chi connectivity index (χ4v) is 3.21. The number of benzene rings is 1. The Morgan fingerprint density at radius 3 is 2.36 bits per heavy atom. The maximum Gasteiger partial charge on any atom is 0.408 e. The highest BCUT2D eigenvalue weighted by Crippen LogP contribution is 2.32. The number of nitrogens with one attached hydrogen (secondary N) is 1. The zero-order chi connectivity index (χ0) is 16.5. The number of nitrogens with zero attached hydrogens (tertiary/aromatic N) is 1. The number of piperidine rings is 1. The minimum absolute atomic E-state index is 0.0123. The summed E-state index contributed by atoms with van der Waals surface area (Å²) in [6, 6.07) is 9.25. The van der Waals surface area contributed by atoms with E-state index in [0.29, 0.717) is 6.42 Å². The SMILES string of the molecule is C[C@H]1NC(=O)C(N(C(=O)O)C(C)(C)C)C[C@H]1c1ccccc1. The molecule has 1 aromatic rings. The molecular weight excluding hydrogens is 280 g/mol. The quantitative estimate of drug-likeness (QED) is 0.882. The zero-order valence-electron chi connectivity index (χ0n) is 13.5. The van der Waals surface area contributed by atoms with Crippen molar-refractivity contribution in [1.29, 1.82) is 0 Å². The molecule has 1 unspecified atom stereocenters. The van der Waals surface area contributed by atoms with E-state index in [1.54, 1.807) is 0 Å². The molecule has 0 radical (unpaired) electrons. The van der Waals surface area contributed by atoms with E-state index in [0.717, 1.165) is 5.56 Å². The summed E-state index contributed by atoms with van der Waals surface area (Å²) in [5.74, 6) is -0.106. The van der Waals surface area contributed by atoms with Crippen molar-refractivity contribution >= 4 is 12.0 Å². The minimum Gasteiger partial charge on any atom is -0.465 e. The highest BCUT2D eigenvalue weighted by molar-refractivity contribution is 5.87. The van der Waals surface area contributed by atoms with Crippen LogP contribution in [0.2, 0.25) is 0 Å². The van der Waals surface area contributed by atoms with Crippen LogP contribution in [0, 0.1) is 0 Å². The number of carbonyl (C=O) groups is 2. The maximum atomic E-state index is 12.4. The van der Waals surface area contributed by atoms with Gasteiger partial charge in [0.15, 0.2) is 0 Å². The summed E-state index contributed by atoms with van der Waals surface area (Å²) >= 11 is 0. The van der Waals surface area contributed by atoms with E-state index < -0.39 is 17.7 Å². The average Bonchev–Trinajstić information content (AvgIpc) is 2.40. The third-order valence-electron chi connectivity index (χ3n) is 4.22. The molecule has 2 N–H and O–H groups in total. The number of carbonyl (C=O) groups excluding carboxylic acids is 1. The second kappa shape index (κ2) is 5.99. The molecule has 1 saturated heterocycles. The van der Waals surface area contributed by atoms with Gasteiger partial charge in [0.05, 0.1) is 0 Å². The van der Waals surface area contributed by atoms with Gasteiger partial charge in [-0.05, 0) is 39.7 Å². The second-order valence-electron chi connectivity index (χ2n) is 6.89. The predicted octanol–water partition coefficient (Wildman–Crippen LogP) is 2.83. The summed E-state index contributed by atoms with van der Waals surface area (Å²) in [4.78, 5) is 25.3. The van der Waals surface area contributed by atoms with Crippen LogP contribution in [0.25, 0.3) is 0 Å². The van der Waals surface area contributed by atoms with Crippen molar-refractivity contribution in [3.63, 3.8) is 0 Å². The smallest absolute Gasteiger partial charge is 0.408 e. The van der Waals surface area contributed by atoms with Gasteiger partial charge < -0.3 is 10.4 Å². The molecule has 1 fully saturated rings. The largest absolute Gasteiger partial charge is 0.465 e. The van der Waals surface area contributed by atoms with E-state index in [4.69, 9.17) is 0 Å². The lowest BCUT2D eigenvalue weighted by molar-refractivity contribution is -0.131. The van der Waals surface area contributed by atoms with E-state index in [-0.39, 0.29) is 17.9 Å². The van der Waals surface area contributed by atoms with E-state index in [2.05, 4.69) is 5.32 Å². The van der Waals surface area contributed by atoms with Gasteiger partial charge in [-0.3, -0.25) is 9.69 Å². The van der Waals surface area contributed by atoms with Gasteiger partial charge in [0, 0.05) is 17.5 Å². The van der Waals surface area contributed by atoms with Gasteiger partial charge in [0.2, 0.25) is 5.91 Å². The summed E-state index contributed by atoms with van der Waals surface area (Å²) in [6.07, 6.45) is -0.561. The Labute approximate surface area is 131 Å². The van der Waals surface area contributed by atoms with Crippen LogP contribution in [0.15, 0.2) is 30.3 Å². The molecule has 1 heterocycles. The van der Waals surface area contributed by atoms with E-state index >= 15 is 0 Å². The Hall–Kier alpha value is -2.04. The summed E-state index contributed by atoms with van der Waals surface area (Å²) in [5.41, 5.74) is 0.495. The van der Waals surface area contributed by atoms with Crippen molar-refractivity contribution in [1.82, 2.24) is 10.2 Å². The van der Waals surface area contributed by atoms with Gasteiger partial charge in [-0.15, -0.1) is 0 Å². The molecule has 1 aromatic carbocycles. The van der Waals surface area contributed by atoms with Crippen LogP contribution < -0.4 is 5.32 Å². The van der Waals surface area contributed by atoms with Crippen molar-refractivity contribution in [2.24, 2.45) is 0 Å². The molecule has 120 valence electrons. The first-order valence-electron chi connectivity index (χ1n) is 7.59. The molecule has 0 saturated carbocycles. The fourth-order valence-electron chi connectivity index (χ4n) is 3.21. The topological polar surface area (TPSA) is 69.6 Å². The van der Waals surface area contributed by atoms with Crippen LogP contribution in [-0.4, -0.2) is 39.6 Å². The summed E-state index contributed by atoms with van der Waals surface area (Å²) in [5, 5.41) is 12.5. The van der Waals surface area contributed by atoms with Crippen molar-refractivity contribution in [3.05, 3.63) is 35.9 Å². The van der Waals surface area contributed by atoms with Gasteiger partial charge in [-0.2, -0.15) is 0 Å². The Bertz CT molecular complexity index is 551. The van der Waals surface area contributed by atoms with Crippen LogP contribution in [-0.2, 0) is 4.79 Å². The molecule has 0 spiro atoms. The number of hydrogen-bond acceptors (Lipinski definition) is 2. The third-order valence-corrected chi connectivity index (χ3v) is 4.22. The highest BCUT2D eigenvalue weighted by atomic mass is 16.4. The lowest BCUT2D eigenvalue weighted by atomic mass is 9.82. The molecule has 2 rings (SSSR count). The maximum absolute atomic E-state index is 12.4. The van der Waals surface area contributed by atoms with Gasteiger partial charge in [-0.1, -0.05) is 30.3 Å². The number of amides is 2. The lowest BCUT2D eigenvalue weighted by Gasteiger charge is -2.44. The van der Waals surface area contributed by atoms with Crippen molar-refractivity contribution in [2.75, 3.05) is 0 Å². The molecule has 2 amide bonds. The first-order valence-corrected chi connectivity index (χ1v) is 7.59. The van der Waals surface area contributed by atoms with Crippen molar-refractivity contribution < 1.29 is 14.7 Å². The van der Waals surface area contributed by atoms with Crippen LogP contribution in [0.3, 0.4) is 0 Å². The molecule has 0 aromatic heterocycles. The number of rotatable bonds is 2. The van der Waals surface area contributed by atoms with Gasteiger partial charge in [0.25, 0.3) is 0 Å². The molecule has 1 aliphatic heterocycles. The Morgan fingerprint density at radius 2 is 1.86 bits per heavy atom. The number of carboxylic acid groups (broad SMARTS) is 1. The predicted molar refractivity (Wildman–Crippen MR) is 84.8 cm³/mol. The third kappa shape index (κ3) is 3.24. The molecule has 22 heavy (non-hydrogen) atoms. The molecule has 5 heteroatoms. The van der Waals surface area contributed by atoms with Crippen molar-refractivity contribution in [3.8, 4) is 0 Å². The van der Waals surface area contributed by atoms with Gasteiger partial charge >= 0.3 is 6.09 Å². The monoisotopic (exact) mass is 304 g/mol. The Morgan fingerprint density at radius 1 is 1.27 bits per heavy atom. The first kappa shape index (κ1) is 16.3. The molecule has 3 atom stereocenters. The van der Waals surface area contributed by atoms with Crippen LogP contribution in [0.4, 0.5) is 4.79 Å². The van der Waals surface area contributed by atoms with Crippen LogP contribution >= 0.6 is 0 Å². The molecule has 5 nitrogen and oxygen atoms in total. The standard InChI is InChI=1S/C17H24N2O3/c1-11-13(12-8-6-5-7-9-12)10-14(15(20)18-11)19(16(21)22)17(2,3)4/h5-9,11,13-14H,10H2,1-4H3,(H,18,20)(H,21,22)/t11-,13-,14?/m1/s1. The highest BCUT2D eigenvalue weighted by Gasteiger charge is 2.43. The molecule has 0 aliphatic carbocycles. The average molecular weight is 304 g/mol. The molecule has 0 bridgehead atoms. The van der Waals surface area contributed by atoms with E-state index in [1.807, 2.05) is 58.0 Å². The zero-order valence-corrected chi connectivity index (χ0v) is 13.5. The molecule has 1 aliphatic rings. The van der Waals surface area contributed by atoms with E-state index in [1.165, 1.54) is 4.90 Å². The molecular formula is C17H24N2O3.